The van der Waals surface area contributed by atoms with Crippen molar-refractivity contribution in [2.75, 3.05) is 18.4 Å². The number of phenolic OH excluding ortho intramolecular Hbond substituents is 1. The van der Waals surface area contributed by atoms with Gasteiger partial charge in [0.15, 0.2) is 0 Å². The first-order valence-electron chi connectivity index (χ1n) is 8.65. The Morgan fingerprint density at radius 2 is 1.97 bits per heavy atom. The van der Waals surface area contributed by atoms with Crippen LogP contribution in [0.3, 0.4) is 0 Å². The SMILES string of the molecule is Cl.Cl.Oc1cc(C(F)(F)F)ccc1-c1nnc(N[C@@H]2CCCNC2)n2cccc12. The number of rotatable bonds is 3. The van der Waals surface area contributed by atoms with Crippen LogP contribution in [0.25, 0.3) is 16.8 Å². The molecule has 4 rings (SSSR count). The Kier molecular flexibility index (Phi) is 7.20. The number of phenols is 1. The molecule has 0 saturated carbocycles. The number of hydrogen-bond donors (Lipinski definition) is 3. The Labute approximate surface area is 177 Å². The molecule has 1 fully saturated rings. The Bertz CT molecular complexity index is 974. The summed E-state index contributed by atoms with van der Waals surface area (Å²) < 4.78 is 40.3. The van der Waals surface area contributed by atoms with Crippen molar-refractivity contribution in [1.29, 1.82) is 0 Å². The van der Waals surface area contributed by atoms with Crippen LogP contribution >= 0.6 is 24.8 Å². The first-order valence-corrected chi connectivity index (χ1v) is 8.65. The molecular formula is C18H20Cl2F3N5O. The zero-order chi connectivity index (χ0) is 19.0. The van der Waals surface area contributed by atoms with Gasteiger partial charge in [-0.1, -0.05) is 0 Å². The second-order valence-corrected chi connectivity index (χ2v) is 6.55. The van der Waals surface area contributed by atoms with E-state index in [0.29, 0.717) is 23.2 Å². The van der Waals surface area contributed by atoms with Crippen LogP contribution in [0.2, 0.25) is 0 Å². The topological polar surface area (TPSA) is 74.5 Å². The normalized spacial score (nSPS) is 16.7. The van der Waals surface area contributed by atoms with Gasteiger partial charge >= 0.3 is 6.18 Å². The van der Waals surface area contributed by atoms with Crippen molar-refractivity contribution in [3.63, 3.8) is 0 Å². The van der Waals surface area contributed by atoms with Crippen LogP contribution in [0, 0.1) is 0 Å². The summed E-state index contributed by atoms with van der Waals surface area (Å²) in [6.07, 6.45) is -0.641. The first-order chi connectivity index (χ1) is 12.9. The van der Waals surface area contributed by atoms with Crippen LogP contribution in [-0.2, 0) is 6.18 Å². The van der Waals surface area contributed by atoms with E-state index in [9.17, 15) is 18.3 Å². The molecule has 0 spiro atoms. The Morgan fingerprint density at radius 3 is 2.62 bits per heavy atom. The molecule has 1 aliphatic heterocycles. The van der Waals surface area contributed by atoms with E-state index in [1.54, 1.807) is 22.7 Å². The van der Waals surface area contributed by atoms with E-state index in [-0.39, 0.29) is 36.4 Å². The fraction of sp³-hybridized carbons (Fsp3) is 0.333. The maximum Gasteiger partial charge on any atom is 0.416 e. The van der Waals surface area contributed by atoms with Crippen LogP contribution in [0.5, 0.6) is 5.75 Å². The first kappa shape index (κ1) is 23.1. The summed E-state index contributed by atoms with van der Waals surface area (Å²) in [7, 11) is 0. The summed E-state index contributed by atoms with van der Waals surface area (Å²) in [5.74, 6) is 0.0678. The predicted molar refractivity (Wildman–Crippen MR) is 109 cm³/mol. The van der Waals surface area contributed by atoms with E-state index in [2.05, 4.69) is 20.8 Å². The number of fused-ring (bicyclic) bond motifs is 1. The van der Waals surface area contributed by atoms with Crippen molar-refractivity contribution < 1.29 is 18.3 Å². The lowest BCUT2D eigenvalue weighted by molar-refractivity contribution is -0.137. The van der Waals surface area contributed by atoms with Crippen molar-refractivity contribution in [3.8, 4) is 17.0 Å². The second kappa shape index (κ2) is 9.06. The molecule has 1 aliphatic rings. The lowest BCUT2D eigenvalue weighted by atomic mass is 10.1. The largest absolute Gasteiger partial charge is 0.507 e. The molecule has 0 bridgehead atoms. The number of alkyl halides is 3. The second-order valence-electron chi connectivity index (χ2n) is 6.55. The number of piperidine rings is 1. The molecule has 0 radical (unpaired) electrons. The molecule has 3 heterocycles. The van der Waals surface area contributed by atoms with Gasteiger partial charge in [0, 0.05) is 24.3 Å². The van der Waals surface area contributed by atoms with Crippen molar-refractivity contribution in [2.45, 2.75) is 25.1 Å². The lowest BCUT2D eigenvalue weighted by Crippen LogP contribution is -2.39. The molecule has 2 aromatic heterocycles. The van der Waals surface area contributed by atoms with Crippen LogP contribution in [-0.4, -0.2) is 38.8 Å². The average Bonchev–Trinajstić information content (AvgIpc) is 3.13. The Hall–Kier alpha value is -2.23. The van der Waals surface area contributed by atoms with Gasteiger partial charge in [0.2, 0.25) is 5.95 Å². The zero-order valence-electron chi connectivity index (χ0n) is 15.1. The molecule has 11 heteroatoms. The molecule has 0 amide bonds. The van der Waals surface area contributed by atoms with Gasteiger partial charge in [0.05, 0.1) is 11.1 Å². The number of benzene rings is 1. The van der Waals surface area contributed by atoms with Gasteiger partial charge in [0.1, 0.15) is 11.4 Å². The highest BCUT2D eigenvalue weighted by molar-refractivity contribution is 5.85. The highest BCUT2D eigenvalue weighted by Crippen LogP contribution is 2.37. The van der Waals surface area contributed by atoms with Crippen molar-refractivity contribution >= 4 is 36.3 Å². The quantitative estimate of drug-likeness (QED) is 0.560. The van der Waals surface area contributed by atoms with Gasteiger partial charge in [0.25, 0.3) is 0 Å². The van der Waals surface area contributed by atoms with Crippen LogP contribution in [0.1, 0.15) is 18.4 Å². The summed E-state index contributed by atoms with van der Waals surface area (Å²) in [4.78, 5) is 0. The monoisotopic (exact) mass is 449 g/mol. The van der Waals surface area contributed by atoms with Gasteiger partial charge in [-0.15, -0.1) is 35.0 Å². The summed E-state index contributed by atoms with van der Waals surface area (Å²) in [5.41, 5.74) is 0.251. The highest BCUT2D eigenvalue weighted by Gasteiger charge is 2.31. The minimum absolute atomic E-state index is 0. The molecule has 1 aromatic carbocycles. The molecule has 1 saturated heterocycles. The fourth-order valence-electron chi connectivity index (χ4n) is 3.31. The van der Waals surface area contributed by atoms with E-state index in [1.807, 2.05) is 0 Å². The standard InChI is InChI=1S/C18H18F3N5O.2ClH/c19-18(20,21)11-5-6-13(15(27)9-11)16-14-4-2-8-26(14)17(25-24-16)23-12-3-1-7-22-10-12;;/h2,4-6,8-9,12,22,27H,1,3,7,10H2,(H,23,25);2*1H/t12-;;/m1../s1. The summed E-state index contributed by atoms with van der Waals surface area (Å²) in [6, 6.07) is 6.66. The molecular weight excluding hydrogens is 430 g/mol. The fourth-order valence-corrected chi connectivity index (χ4v) is 3.31. The summed E-state index contributed by atoms with van der Waals surface area (Å²) in [5, 5.41) is 25.2. The molecule has 1 atom stereocenters. The minimum atomic E-state index is -4.52. The van der Waals surface area contributed by atoms with Crippen LogP contribution in [0.4, 0.5) is 19.1 Å². The molecule has 158 valence electrons. The molecule has 6 nitrogen and oxygen atoms in total. The number of nitrogens with one attached hydrogen (secondary N) is 2. The van der Waals surface area contributed by atoms with Crippen LogP contribution in [0.15, 0.2) is 36.5 Å². The maximum atomic E-state index is 12.8. The zero-order valence-corrected chi connectivity index (χ0v) is 16.7. The van der Waals surface area contributed by atoms with Gasteiger partial charge in [-0.2, -0.15) is 13.2 Å². The molecule has 0 unspecified atom stereocenters. The smallest absolute Gasteiger partial charge is 0.416 e. The van der Waals surface area contributed by atoms with Gasteiger partial charge in [-0.05, 0) is 49.7 Å². The maximum absolute atomic E-state index is 12.8. The van der Waals surface area contributed by atoms with E-state index in [1.165, 1.54) is 6.07 Å². The lowest BCUT2D eigenvalue weighted by Gasteiger charge is -2.24. The average molecular weight is 450 g/mol. The number of aromatic nitrogens is 3. The molecule has 29 heavy (non-hydrogen) atoms. The number of hydrogen-bond acceptors (Lipinski definition) is 5. The third kappa shape index (κ3) is 4.68. The Balaban J connectivity index is 0.00000150. The van der Waals surface area contributed by atoms with E-state index in [0.717, 1.165) is 32.0 Å². The molecule has 0 aliphatic carbocycles. The number of nitrogens with zero attached hydrogens (tertiary/aromatic N) is 3. The predicted octanol–water partition coefficient (Wildman–Crippen LogP) is 4.13. The summed E-state index contributed by atoms with van der Waals surface area (Å²) >= 11 is 0. The minimum Gasteiger partial charge on any atom is -0.507 e. The van der Waals surface area contributed by atoms with E-state index >= 15 is 0 Å². The third-order valence-corrected chi connectivity index (χ3v) is 4.67. The van der Waals surface area contributed by atoms with Crippen LogP contribution < -0.4 is 10.6 Å². The number of anilines is 1. The molecule has 3 aromatic rings. The van der Waals surface area contributed by atoms with Gasteiger partial charge in [-0.3, -0.25) is 4.40 Å². The van der Waals surface area contributed by atoms with Crippen molar-refractivity contribution in [3.05, 3.63) is 42.1 Å². The molecule has 3 N–H and O–H groups in total. The van der Waals surface area contributed by atoms with Gasteiger partial charge in [-0.25, -0.2) is 0 Å². The third-order valence-electron chi connectivity index (χ3n) is 4.67. The highest BCUT2D eigenvalue weighted by atomic mass is 35.5. The van der Waals surface area contributed by atoms with E-state index in [4.69, 9.17) is 0 Å². The Morgan fingerprint density at radius 1 is 1.17 bits per heavy atom. The van der Waals surface area contributed by atoms with Crippen molar-refractivity contribution in [1.82, 2.24) is 19.9 Å². The summed E-state index contributed by atoms with van der Waals surface area (Å²) in [6.45, 7) is 1.82. The number of aromatic hydroxyl groups is 1. The number of halogens is 5. The van der Waals surface area contributed by atoms with Gasteiger partial charge < -0.3 is 15.7 Å². The van der Waals surface area contributed by atoms with E-state index < -0.39 is 17.5 Å². The van der Waals surface area contributed by atoms with Crippen molar-refractivity contribution in [2.24, 2.45) is 0 Å².